The van der Waals surface area contributed by atoms with E-state index in [0.29, 0.717) is 17.9 Å². The van der Waals surface area contributed by atoms with E-state index >= 15 is 0 Å². The Balaban J connectivity index is 1.95. The van der Waals surface area contributed by atoms with Gasteiger partial charge in [0.25, 0.3) is 5.88 Å². The molecule has 1 aromatic rings. The average Bonchev–Trinajstić information content (AvgIpc) is 2.77. The fraction of sp³-hybridized carbons (Fsp3) is 0.667. The molecule has 1 aromatic heterocycles. The first kappa shape index (κ1) is 13.0. The molecule has 8 nitrogen and oxygen atoms in total. The fourth-order valence-corrected chi connectivity index (χ4v) is 3.03. The van der Waals surface area contributed by atoms with Crippen molar-refractivity contribution >= 4 is 11.5 Å². The van der Waals surface area contributed by atoms with Crippen molar-refractivity contribution in [1.82, 2.24) is 15.3 Å². The summed E-state index contributed by atoms with van der Waals surface area (Å²) >= 11 is 0. The average molecular weight is 279 g/mol. The molecule has 0 aromatic carbocycles. The van der Waals surface area contributed by atoms with Gasteiger partial charge in [-0.1, -0.05) is 0 Å². The van der Waals surface area contributed by atoms with Crippen LogP contribution in [0, 0.1) is 10.1 Å². The minimum absolute atomic E-state index is 0.0161. The molecule has 2 atom stereocenters. The Labute approximate surface area is 116 Å². The Hall–Kier alpha value is -1.96. The molecule has 0 amide bonds. The number of rotatable bonds is 3. The Bertz CT molecular complexity index is 524. The van der Waals surface area contributed by atoms with E-state index in [1.807, 2.05) is 4.90 Å². The number of anilines is 1. The summed E-state index contributed by atoms with van der Waals surface area (Å²) in [6, 6.07) is 0.899. The van der Waals surface area contributed by atoms with Crippen molar-refractivity contribution in [3.8, 4) is 5.88 Å². The minimum Gasteiger partial charge on any atom is -0.476 e. The van der Waals surface area contributed by atoms with Crippen molar-refractivity contribution in [2.45, 2.75) is 31.3 Å². The van der Waals surface area contributed by atoms with Crippen molar-refractivity contribution < 1.29 is 9.66 Å². The van der Waals surface area contributed by atoms with Crippen molar-refractivity contribution in [1.29, 1.82) is 0 Å². The van der Waals surface area contributed by atoms with E-state index in [2.05, 4.69) is 15.3 Å². The lowest BCUT2D eigenvalue weighted by Gasteiger charge is -2.24. The highest BCUT2D eigenvalue weighted by Crippen LogP contribution is 2.34. The maximum Gasteiger partial charge on any atom is 0.372 e. The van der Waals surface area contributed by atoms with Crippen molar-refractivity contribution in [3.63, 3.8) is 0 Å². The van der Waals surface area contributed by atoms with Crippen LogP contribution in [0.3, 0.4) is 0 Å². The molecule has 20 heavy (non-hydrogen) atoms. The fourth-order valence-electron chi connectivity index (χ4n) is 3.03. The number of fused-ring (bicyclic) bond motifs is 2. The molecule has 3 rings (SSSR count). The highest BCUT2D eigenvalue weighted by molar-refractivity contribution is 5.63. The molecule has 2 aliphatic rings. The Morgan fingerprint density at radius 3 is 2.95 bits per heavy atom. The topological polar surface area (TPSA) is 93.4 Å². The molecule has 2 saturated heterocycles. The third kappa shape index (κ3) is 2.26. The molecule has 2 fully saturated rings. The molecule has 0 saturated carbocycles. The number of aromatic nitrogens is 2. The Kier molecular flexibility index (Phi) is 3.39. The number of nitro groups is 1. The Morgan fingerprint density at radius 2 is 2.20 bits per heavy atom. The quantitative estimate of drug-likeness (QED) is 0.643. The molecule has 1 N–H and O–H groups in total. The number of nitrogens with one attached hydrogen (secondary N) is 1. The molecule has 0 radical (unpaired) electrons. The molecule has 0 aliphatic carbocycles. The van der Waals surface area contributed by atoms with Crippen LogP contribution in [0.15, 0.2) is 6.33 Å². The Morgan fingerprint density at radius 1 is 1.40 bits per heavy atom. The van der Waals surface area contributed by atoms with Crippen molar-refractivity contribution in [2.24, 2.45) is 0 Å². The van der Waals surface area contributed by atoms with Gasteiger partial charge in [0.2, 0.25) is 5.82 Å². The maximum atomic E-state index is 11.3. The second kappa shape index (κ2) is 5.20. The molecule has 108 valence electrons. The van der Waals surface area contributed by atoms with Crippen LogP contribution in [-0.2, 0) is 0 Å². The van der Waals surface area contributed by atoms with Gasteiger partial charge in [0, 0.05) is 25.2 Å². The predicted octanol–water partition coefficient (Wildman–Crippen LogP) is 0.724. The summed E-state index contributed by atoms with van der Waals surface area (Å²) in [4.78, 5) is 20.7. The summed E-state index contributed by atoms with van der Waals surface area (Å²) in [5.74, 6) is 0.374. The van der Waals surface area contributed by atoms with E-state index in [0.717, 1.165) is 25.9 Å². The SMILES string of the molecule is COc1ncnc(N2CCC3CCC(C2)N3)c1[N+](=O)[O-]. The van der Waals surface area contributed by atoms with Crippen LogP contribution in [-0.4, -0.2) is 47.2 Å². The normalized spacial score (nSPS) is 25.4. The summed E-state index contributed by atoms with van der Waals surface area (Å²) < 4.78 is 5.00. The number of ether oxygens (including phenoxy) is 1. The second-order valence-corrected chi connectivity index (χ2v) is 5.18. The summed E-state index contributed by atoms with van der Waals surface area (Å²) in [5, 5.41) is 14.8. The van der Waals surface area contributed by atoms with Gasteiger partial charge in [-0.3, -0.25) is 10.1 Å². The molecule has 0 spiro atoms. The van der Waals surface area contributed by atoms with Gasteiger partial charge in [-0.25, -0.2) is 4.98 Å². The first-order chi connectivity index (χ1) is 9.69. The molecule has 2 unspecified atom stereocenters. The molecule has 8 heteroatoms. The first-order valence-electron chi connectivity index (χ1n) is 6.73. The van der Waals surface area contributed by atoms with Crippen LogP contribution in [0.1, 0.15) is 19.3 Å². The molecule has 2 aliphatic heterocycles. The van der Waals surface area contributed by atoms with E-state index in [1.165, 1.54) is 19.9 Å². The highest BCUT2D eigenvalue weighted by Gasteiger charge is 2.34. The number of hydrogen-bond donors (Lipinski definition) is 1. The van der Waals surface area contributed by atoms with E-state index in [9.17, 15) is 10.1 Å². The first-order valence-corrected chi connectivity index (χ1v) is 6.73. The van der Waals surface area contributed by atoms with Gasteiger partial charge < -0.3 is 15.0 Å². The summed E-state index contributed by atoms with van der Waals surface area (Å²) in [5.41, 5.74) is -0.146. The zero-order valence-corrected chi connectivity index (χ0v) is 11.3. The largest absolute Gasteiger partial charge is 0.476 e. The van der Waals surface area contributed by atoms with Gasteiger partial charge in [-0.05, 0) is 19.3 Å². The van der Waals surface area contributed by atoms with Crippen LogP contribution < -0.4 is 15.0 Å². The van der Waals surface area contributed by atoms with Gasteiger partial charge in [-0.15, -0.1) is 0 Å². The maximum absolute atomic E-state index is 11.3. The summed E-state index contributed by atoms with van der Waals surface area (Å²) in [7, 11) is 1.38. The van der Waals surface area contributed by atoms with Crippen LogP contribution in [0.25, 0.3) is 0 Å². The molecular formula is C12H17N5O3. The van der Waals surface area contributed by atoms with Gasteiger partial charge in [0.1, 0.15) is 6.33 Å². The third-order valence-corrected chi connectivity index (χ3v) is 3.97. The number of nitrogens with zero attached hydrogens (tertiary/aromatic N) is 4. The summed E-state index contributed by atoms with van der Waals surface area (Å²) in [6.45, 7) is 1.49. The number of hydrogen-bond acceptors (Lipinski definition) is 7. The lowest BCUT2D eigenvalue weighted by molar-refractivity contribution is -0.385. The van der Waals surface area contributed by atoms with Crippen LogP contribution in [0.4, 0.5) is 11.5 Å². The van der Waals surface area contributed by atoms with E-state index in [4.69, 9.17) is 4.74 Å². The predicted molar refractivity (Wildman–Crippen MR) is 72.0 cm³/mol. The van der Waals surface area contributed by atoms with Gasteiger partial charge >= 0.3 is 5.69 Å². The minimum atomic E-state index is -0.468. The van der Waals surface area contributed by atoms with Crippen molar-refractivity contribution in [3.05, 3.63) is 16.4 Å². The smallest absolute Gasteiger partial charge is 0.372 e. The molecular weight excluding hydrogens is 262 g/mol. The van der Waals surface area contributed by atoms with E-state index in [1.54, 1.807) is 0 Å². The van der Waals surface area contributed by atoms with Crippen LogP contribution in [0.2, 0.25) is 0 Å². The van der Waals surface area contributed by atoms with Crippen LogP contribution in [0.5, 0.6) is 5.88 Å². The number of methoxy groups -OCH3 is 1. The van der Waals surface area contributed by atoms with E-state index < -0.39 is 4.92 Å². The second-order valence-electron chi connectivity index (χ2n) is 5.18. The molecule has 3 heterocycles. The lowest BCUT2D eigenvalue weighted by atomic mass is 10.1. The van der Waals surface area contributed by atoms with Gasteiger partial charge in [-0.2, -0.15) is 4.98 Å². The van der Waals surface area contributed by atoms with Crippen LogP contribution >= 0.6 is 0 Å². The van der Waals surface area contributed by atoms with Gasteiger partial charge in [0.05, 0.1) is 12.0 Å². The van der Waals surface area contributed by atoms with Crippen molar-refractivity contribution in [2.75, 3.05) is 25.1 Å². The monoisotopic (exact) mass is 279 g/mol. The zero-order valence-electron chi connectivity index (χ0n) is 11.3. The highest BCUT2D eigenvalue weighted by atomic mass is 16.6. The lowest BCUT2D eigenvalue weighted by Crippen LogP contribution is -2.36. The van der Waals surface area contributed by atoms with Gasteiger partial charge in [0.15, 0.2) is 0 Å². The van der Waals surface area contributed by atoms with E-state index in [-0.39, 0.29) is 11.6 Å². The molecule has 2 bridgehead atoms. The zero-order chi connectivity index (χ0) is 14.1. The summed E-state index contributed by atoms with van der Waals surface area (Å²) in [6.07, 6.45) is 4.59. The third-order valence-electron chi connectivity index (χ3n) is 3.97. The standard InChI is InChI=1S/C12H17N5O3/c1-20-12-10(17(18)19)11(13-7-14-12)16-5-4-8-2-3-9(6-16)15-8/h7-9,15H,2-6H2,1H3.